The average molecular weight is 393 g/mol. The summed E-state index contributed by atoms with van der Waals surface area (Å²) in [7, 11) is 1.61. The first kappa shape index (κ1) is 19.0. The minimum Gasteiger partial charge on any atom is -0.454 e. The highest BCUT2D eigenvalue weighted by atomic mass is 16.7. The Bertz CT molecular complexity index is 985. The van der Waals surface area contributed by atoms with Crippen LogP contribution >= 0.6 is 0 Å². The van der Waals surface area contributed by atoms with Crippen LogP contribution in [-0.2, 0) is 16.0 Å². The lowest BCUT2D eigenvalue weighted by Crippen LogP contribution is -2.27. The zero-order valence-corrected chi connectivity index (χ0v) is 16.3. The molecule has 0 saturated carbocycles. The SMILES string of the molecule is COCCNC(=O)CCc1cn(-c2ccccc2)nc1-c1ccc2c(c1)OCO2. The van der Waals surface area contributed by atoms with Crippen LogP contribution in [0.2, 0.25) is 0 Å². The Labute approximate surface area is 169 Å². The normalized spacial score (nSPS) is 12.2. The molecule has 2 aromatic carbocycles. The van der Waals surface area contributed by atoms with Crippen LogP contribution in [0, 0.1) is 0 Å². The number of benzene rings is 2. The Morgan fingerprint density at radius 1 is 1.17 bits per heavy atom. The number of methoxy groups -OCH3 is 1. The molecule has 29 heavy (non-hydrogen) atoms. The number of amides is 1. The predicted molar refractivity (Wildman–Crippen MR) is 108 cm³/mol. The van der Waals surface area contributed by atoms with E-state index in [-0.39, 0.29) is 12.7 Å². The highest BCUT2D eigenvalue weighted by molar-refractivity contribution is 5.77. The van der Waals surface area contributed by atoms with Crippen molar-refractivity contribution in [2.75, 3.05) is 27.1 Å². The third-order valence-electron chi connectivity index (χ3n) is 4.71. The summed E-state index contributed by atoms with van der Waals surface area (Å²) in [5.41, 5.74) is 3.72. The molecule has 7 heteroatoms. The molecule has 0 aliphatic carbocycles. The average Bonchev–Trinajstić information content (AvgIpc) is 3.39. The summed E-state index contributed by atoms with van der Waals surface area (Å²) in [6.45, 7) is 1.24. The van der Waals surface area contributed by atoms with Gasteiger partial charge >= 0.3 is 0 Å². The zero-order chi connectivity index (χ0) is 20.1. The number of nitrogens with one attached hydrogen (secondary N) is 1. The lowest BCUT2D eigenvalue weighted by Gasteiger charge is -2.05. The summed E-state index contributed by atoms with van der Waals surface area (Å²) in [6, 6.07) is 15.7. The summed E-state index contributed by atoms with van der Waals surface area (Å²) in [5, 5.41) is 7.66. The van der Waals surface area contributed by atoms with E-state index in [1.807, 2.05) is 59.4 Å². The lowest BCUT2D eigenvalue weighted by molar-refractivity contribution is -0.121. The maximum Gasteiger partial charge on any atom is 0.231 e. The second-order valence-corrected chi connectivity index (χ2v) is 6.69. The zero-order valence-electron chi connectivity index (χ0n) is 16.3. The van der Waals surface area contributed by atoms with E-state index >= 15 is 0 Å². The van der Waals surface area contributed by atoms with E-state index in [1.54, 1.807) is 7.11 Å². The molecule has 0 spiro atoms. The maximum absolute atomic E-state index is 12.1. The summed E-state index contributed by atoms with van der Waals surface area (Å²) >= 11 is 0. The van der Waals surface area contributed by atoms with E-state index in [1.165, 1.54) is 0 Å². The molecule has 2 heterocycles. The van der Waals surface area contributed by atoms with Crippen molar-refractivity contribution in [1.29, 1.82) is 0 Å². The molecule has 4 rings (SSSR count). The van der Waals surface area contributed by atoms with Gasteiger partial charge in [0.2, 0.25) is 12.7 Å². The molecule has 1 aliphatic rings. The number of hydrogen-bond acceptors (Lipinski definition) is 5. The van der Waals surface area contributed by atoms with Crippen LogP contribution in [0.5, 0.6) is 11.5 Å². The number of aromatic nitrogens is 2. The van der Waals surface area contributed by atoms with Crippen LogP contribution < -0.4 is 14.8 Å². The predicted octanol–water partition coefficient (Wildman–Crippen LogP) is 2.96. The molecule has 1 amide bonds. The third kappa shape index (κ3) is 4.41. The fourth-order valence-electron chi connectivity index (χ4n) is 3.22. The van der Waals surface area contributed by atoms with Crippen molar-refractivity contribution in [3.63, 3.8) is 0 Å². The smallest absolute Gasteiger partial charge is 0.231 e. The molecule has 0 bridgehead atoms. The highest BCUT2D eigenvalue weighted by Gasteiger charge is 2.18. The van der Waals surface area contributed by atoms with Crippen molar-refractivity contribution in [2.24, 2.45) is 0 Å². The topological polar surface area (TPSA) is 74.6 Å². The van der Waals surface area contributed by atoms with E-state index in [9.17, 15) is 4.79 Å². The van der Waals surface area contributed by atoms with Gasteiger partial charge in [-0.05, 0) is 42.3 Å². The number of carbonyl (C=O) groups is 1. The fraction of sp³-hybridized carbons (Fsp3) is 0.273. The molecule has 1 aliphatic heterocycles. The van der Waals surface area contributed by atoms with Gasteiger partial charge in [-0.2, -0.15) is 5.10 Å². The number of rotatable bonds is 8. The van der Waals surface area contributed by atoms with Gasteiger partial charge in [-0.25, -0.2) is 4.68 Å². The number of hydrogen-bond donors (Lipinski definition) is 1. The molecule has 3 aromatic rings. The quantitative estimate of drug-likeness (QED) is 0.596. The van der Waals surface area contributed by atoms with E-state index < -0.39 is 0 Å². The molecule has 0 saturated heterocycles. The molecular weight excluding hydrogens is 370 g/mol. The van der Waals surface area contributed by atoms with Crippen LogP contribution in [0.15, 0.2) is 54.7 Å². The molecule has 0 atom stereocenters. The highest BCUT2D eigenvalue weighted by Crippen LogP contribution is 2.36. The summed E-state index contributed by atoms with van der Waals surface area (Å²) in [5.74, 6) is 1.43. The molecule has 1 aromatic heterocycles. The van der Waals surface area contributed by atoms with Crippen molar-refractivity contribution in [3.8, 4) is 28.4 Å². The first-order valence-electron chi connectivity index (χ1n) is 9.54. The second-order valence-electron chi connectivity index (χ2n) is 6.69. The van der Waals surface area contributed by atoms with Gasteiger partial charge in [0.15, 0.2) is 11.5 Å². The molecule has 0 fully saturated rings. The van der Waals surface area contributed by atoms with Crippen molar-refractivity contribution < 1.29 is 19.0 Å². The van der Waals surface area contributed by atoms with E-state index in [2.05, 4.69) is 5.32 Å². The number of para-hydroxylation sites is 1. The molecule has 0 radical (unpaired) electrons. The molecule has 0 unspecified atom stereocenters. The van der Waals surface area contributed by atoms with Gasteiger partial charge < -0.3 is 19.5 Å². The molecule has 7 nitrogen and oxygen atoms in total. The minimum atomic E-state index is -0.00820. The Morgan fingerprint density at radius 3 is 2.83 bits per heavy atom. The lowest BCUT2D eigenvalue weighted by atomic mass is 10.0. The van der Waals surface area contributed by atoms with Gasteiger partial charge in [-0.3, -0.25) is 4.79 Å². The number of carbonyl (C=O) groups excluding carboxylic acids is 1. The summed E-state index contributed by atoms with van der Waals surface area (Å²) in [6.07, 6.45) is 2.94. The maximum atomic E-state index is 12.1. The summed E-state index contributed by atoms with van der Waals surface area (Å²) < 4.78 is 17.7. The summed E-state index contributed by atoms with van der Waals surface area (Å²) in [4.78, 5) is 12.1. The molecular formula is C22H23N3O4. The monoisotopic (exact) mass is 393 g/mol. The Kier molecular flexibility index (Phi) is 5.76. The van der Waals surface area contributed by atoms with Crippen molar-refractivity contribution in [2.45, 2.75) is 12.8 Å². The number of fused-ring (bicyclic) bond motifs is 1. The number of aryl methyl sites for hydroxylation is 1. The Balaban J connectivity index is 1.60. The minimum absolute atomic E-state index is 0.00820. The van der Waals surface area contributed by atoms with Gasteiger partial charge in [-0.1, -0.05) is 18.2 Å². The fourth-order valence-corrected chi connectivity index (χ4v) is 3.22. The van der Waals surface area contributed by atoms with Crippen LogP contribution in [0.25, 0.3) is 16.9 Å². The second kappa shape index (κ2) is 8.79. The first-order valence-corrected chi connectivity index (χ1v) is 9.54. The van der Waals surface area contributed by atoms with Crippen LogP contribution in [-0.4, -0.2) is 42.7 Å². The van der Waals surface area contributed by atoms with Crippen LogP contribution in [0.4, 0.5) is 0 Å². The standard InChI is InChI=1S/C22H23N3O4/c1-27-12-11-23-21(26)10-8-17-14-25(18-5-3-2-4-6-18)24-22(17)16-7-9-19-20(13-16)29-15-28-19/h2-7,9,13-14H,8,10-12,15H2,1H3,(H,23,26). The van der Waals surface area contributed by atoms with Gasteiger partial charge in [-0.15, -0.1) is 0 Å². The number of ether oxygens (including phenoxy) is 3. The molecule has 1 N–H and O–H groups in total. The van der Waals surface area contributed by atoms with Crippen LogP contribution in [0.1, 0.15) is 12.0 Å². The van der Waals surface area contributed by atoms with Crippen LogP contribution in [0.3, 0.4) is 0 Å². The Morgan fingerprint density at radius 2 is 2.00 bits per heavy atom. The Hall–Kier alpha value is -3.32. The van der Waals surface area contributed by atoms with Gasteiger partial charge in [0.05, 0.1) is 18.0 Å². The van der Waals surface area contributed by atoms with E-state index in [4.69, 9.17) is 19.3 Å². The van der Waals surface area contributed by atoms with Crippen molar-refractivity contribution in [3.05, 3.63) is 60.3 Å². The van der Waals surface area contributed by atoms with E-state index in [0.717, 1.165) is 28.3 Å². The van der Waals surface area contributed by atoms with E-state index in [0.29, 0.717) is 31.7 Å². The van der Waals surface area contributed by atoms with Gasteiger partial charge in [0.1, 0.15) is 0 Å². The third-order valence-corrected chi connectivity index (χ3v) is 4.71. The number of nitrogens with zero attached hydrogens (tertiary/aromatic N) is 2. The van der Waals surface area contributed by atoms with Gasteiger partial charge in [0.25, 0.3) is 0 Å². The first-order chi connectivity index (χ1) is 14.2. The largest absolute Gasteiger partial charge is 0.454 e. The van der Waals surface area contributed by atoms with Gasteiger partial charge in [0, 0.05) is 31.8 Å². The van der Waals surface area contributed by atoms with Crippen molar-refractivity contribution in [1.82, 2.24) is 15.1 Å². The molecule has 150 valence electrons. The van der Waals surface area contributed by atoms with Crippen molar-refractivity contribution >= 4 is 5.91 Å².